The first-order chi connectivity index (χ1) is 11.1. The predicted octanol–water partition coefficient (Wildman–Crippen LogP) is 1.82. The van der Waals surface area contributed by atoms with E-state index in [1.807, 2.05) is 6.26 Å². The molecule has 6 nitrogen and oxygen atoms in total. The number of nitrogens with one attached hydrogen (secondary N) is 1. The van der Waals surface area contributed by atoms with Crippen molar-refractivity contribution in [2.24, 2.45) is 0 Å². The third-order valence-corrected chi connectivity index (χ3v) is 3.93. The molecule has 0 saturated heterocycles. The molecule has 2 rings (SSSR count). The molecule has 1 atom stereocenters. The number of amides is 1. The number of benzene rings is 1. The fourth-order valence-corrected chi connectivity index (χ4v) is 2.55. The Morgan fingerprint density at radius 2 is 2.09 bits per heavy atom. The molecule has 0 fully saturated rings. The first-order valence-corrected chi connectivity index (χ1v) is 8.36. The number of fused-ring (bicyclic) bond motifs is 1. The lowest BCUT2D eigenvalue weighted by molar-refractivity contribution is -0.142. The molecule has 0 spiro atoms. The molecule has 0 saturated carbocycles. The molecule has 1 aromatic heterocycles. The van der Waals surface area contributed by atoms with Gasteiger partial charge >= 0.3 is 11.6 Å². The maximum Gasteiger partial charge on any atom is 0.349 e. The van der Waals surface area contributed by atoms with E-state index in [1.165, 1.54) is 13.2 Å². The van der Waals surface area contributed by atoms with Crippen LogP contribution >= 0.6 is 11.8 Å². The van der Waals surface area contributed by atoms with Gasteiger partial charge in [-0.3, -0.25) is 4.79 Å². The van der Waals surface area contributed by atoms with Crippen LogP contribution in [-0.2, 0) is 9.53 Å². The Hall–Kier alpha value is -2.28. The highest BCUT2D eigenvalue weighted by Gasteiger charge is 2.23. The Morgan fingerprint density at radius 3 is 2.78 bits per heavy atom. The standard InChI is InChI=1S/C16H17NO5S/c1-21-16(20)12(7-8-23-2)17-14(18)11-9-10-5-3-4-6-13(10)22-15(11)19/h3-6,9,12H,7-8H2,1-2H3,(H,17,18)/t12-/m0/s1. The fraction of sp³-hybridized carbons (Fsp3) is 0.312. The predicted molar refractivity (Wildman–Crippen MR) is 88.8 cm³/mol. The summed E-state index contributed by atoms with van der Waals surface area (Å²) in [7, 11) is 1.25. The number of thioether (sulfide) groups is 1. The van der Waals surface area contributed by atoms with Crippen LogP contribution in [0.1, 0.15) is 16.8 Å². The van der Waals surface area contributed by atoms with Crippen LogP contribution in [0.4, 0.5) is 0 Å². The number of esters is 1. The highest BCUT2D eigenvalue weighted by molar-refractivity contribution is 7.98. The zero-order valence-electron chi connectivity index (χ0n) is 12.8. The lowest BCUT2D eigenvalue weighted by Crippen LogP contribution is -2.43. The van der Waals surface area contributed by atoms with Crippen molar-refractivity contribution in [2.45, 2.75) is 12.5 Å². The number of rotatable bonds is 6. The van der Waals surface area contributed by atoms with Gasteiger partial charge in [-0.1, -0.05) is 18.2 Å². The summed E-state index contributed by atoms with van der Waals surface area (Å²) in [6.45, 7) is 0. The van der Waals surface area contributed by atoms with Crippen molar-refractivity contribution in [3.05, 3.63) is 46.3 Å². The molecule has 1 aromatic carbocycles. The van der Waals surface area contributed by atoms with Crippen molar-refractivity contribution in [2.75, 3.05) is 19.1 Å². The second kappa shape index (κ2) is 7.82. The number of hydrogen-bond donors (Lipinski definition) is 1. The van der Waals surface area contributed by atoms with E-state index >= 15 is 0 Å². The minimum atomic E-state index is -0.800. The van der Waals surface area contributed by atoms with Crippen LogP contribution in [0.15, 0.2) is 39.5 Å². The molecule has 0 bridgehead atoms. The number of carbonyl (C=O) groups excluding carboxylic acids is 2. The summed E-state index contributed by atoms with van der Waals surface area (Å²) in [5.41, 5.74) is -0.475. The lowest BCUT2D eigenvalue weighted by atomic mass is 10.1. The molecule has 23 heavy (non-hydrogen) atoms. The van der Waals surface area contributed by atoms with Crippen molar-refractivity contribution < 1.29 is 18.7 Å². The number of hydrogen-bond acceptors (Lipinski definition) is 6. The van der Waals surface area contributed by atoms with Crippen LogP contribution in [-0.4, -0.2) is 37.0 Å². The molecule has 0 aliphatic rings. The van der Waals surface area contributed by atoms with Gasteiger partial charge in [-0.25, -0.2) is 9.59 Å². The molecule has 1 heterocycles. The summed E-state index contributed by atoms with van der Waals surface area (Å²) in [4.78, 5) is 36.0. The Labute approximate surface area is 137 Å². The number of para-hydroxylation sites is 1. The van der Waals surface area contributed by atoms with Crippen LogP contribution in [0, 0.1) is 0 Å². The second-order valence-corrected chi connectivity index (χ2v) is 5.80. The maximum absolute atomic E-state index is 12.3. The van der Waals surface area contributed by atoms with E-state index in [-0.39, 0.29) is 5.56 Å². The summed E-state index contributed by atoms with van der Waals surface area (Å²) >= 11 is 1.55. The molecular formula is C16H17NO5S. The first kappa shape index (κ1) is 17.1. The van der Waals surface area contributed by atoms with Crippen LogP contribution in [0.3, 0.4) is 0 Å². The number of ether oxygens (including phenoxy) is 1. The topological polar surface area (TPSA) is 85.6 Å². The van der Waals surface area contributed by atoms with Gasteiger partial charge in [0.15, 0.2) is 0 Å². The first-order valence-electron chi connectivity index (χ1n) is 6.97. The Kier molecular flexibility index (Phi) is 5.81. The van der Waals surface area contributed by atoms with E-state index in [0.29, 0.717) is 23.1 Å². The van der Waals surface area contributed by atoms with Gasteiger partial charge in [0, 0.05) is 5.39 Å². The van der Waals surface area contributed by atoms with Crippen molar-refractivity contribution in [3.8, 4) is 0 Å². The van der Waals surface area contributed by atoms with Gasteiger partial charge in [0.1, 0.15) is 17.2 Å². The summed E-state index contributed by atoms with van der Waals surface area (Å²) in [6.07, 6.45) is 2.31. The van der Waals surface area contributed by atoms with E-state index in [0.717, 1.165) is 0 Å². The zero-order valence-corrected chi connectivity index (χ0v) is 13.6. The van der Waals surface area contributed by atoms with Gasteiger partial charge in [-0.05, 0) is 30.6 Å². The minimum Gasteiger partial charge on any atom is -0.467 e. The molecule has 122 valence electrons. The molecule has 2 aromatic rings. The van der Waals surface area contributed by atoms with Crippen molar-refractivity contribution >= 4 is 34.6 Å². The average molecular weight is 335 g/mol. The van der Waals surface area contributed by atoms with Gasteiger partial charge in [0.25, 0.3) is 5.91 Å². The molecule has 1 amide bonds. The third-order valence-electron chi connectivity index (χ3n) is 3.29. The van der Waals surface area contributed by atoms with Gasteiger partial charge < -0.3 is 14.5 Å². The summed E-state index contributed by atoms with van der Waals surface area (Å²) in [5.74, 6) is -0.523. The van der Waals surface area contributed by atoms with Gasteiger partial charge in [0.05, 0.1) is 7.11 Å². The quantitative estimate of drug-likeness (QED) is 0.640. The zero-order chi connectivity index (χ0) is 16.8. The van der Waals surface area contributed by atoms with Gasteiger partial charge in [-0.2, -0.15) is 11.8 Å². The summed E-state index contributed by atoms with van der Waals surface area (Å²) in [6, 6.07) is 7.56. The van der Waals surface area contributed by atoms with Crippen LogP contribution < -0.4 is 10.9 Å². The highest BCUT2D eigenvalue weighted by Crippen LogP contribution is 2.13. The van der Waals surface area contributed by atoms with Crippen molar-refractivity contribution in [1.82, 2.24) is 5.32 Å². The molecule has 0 radical (unpaired) electrons. The van der Waals surface area contributed by atoms with Gasteiger partial charge in [-0.15, -0.1) is 0 Å². The van der Waals surface area contributed by atoms with Crippen LogP contribution in [0.2, 0.25) is 0 Å². The lowest BCUT2D eigenvalue weighted by Gasteiger charge is -2.15. The average Bonchev–Trinajstić information content (AvgIpc) is 2.56. The number of carbonyl (C=O) groups is 2. The number of methoxy groups -OCH3 is 1. The SMILES string of the molecule is COC(=O)[C@H](CCSC)NC(=O)c1cc2ccccc2oc1=O. The molecule has 0 unspecified atom stereocenters. The second-order valence-electron chi connectivity index (χ2n) is 4.82. The highest BCUT2D eigenvalue weighted by atomic mass is 32.2. The molecule has 1 N–H and O–H groups in total. The Balaban J connectivity index is 2.26. The smallest absolute Gasteiger partial charge is 0.349 e. The Morgan fingerprint density at radius 1 is 1.35 bits per heavy atom. The monoisotopic (exact) mass is 335 g/mol. The third kappa shape index (κ3) is 4.13. The molecule has 0 aliphatic carbocycles. The van der Waals surface area contributed by atoms with Crippen molar-refractivity contribution in [1.29, 1.82) is 0 Å². The van der Waals surface area contributed by atoms with E-state index in [2.05, 4.69) is 10.1 Å². The molecule has 7 heteroatoms. The minimum absolute atomic E-state index is 0.137. The Bertz CT molecular complexity index is 770. The van der Waals surface area contributed by atoms with E-state index in [9.17, 15) is 14.4 Å². The summed E-state index contributed by atoms with van der Waals surface area (Å²) in [5, 5.41) is 3.17. The maximum atomic E-state index is 12.3. The fourth-order valence-electron chi connectivity index (χ4n) is 2.08. The molecular weight excluding hydrogens is 318 g/mol. The van der Waals surface area contributed by atoms with E-state index in [4.69, 9.17) is 4.42 Å². The van der Waals surface area contributed by atoms with Crippen LogP contribution in [0.25, 0.3) is 11.0 Å². The van der Waals surface area contributed by atoms with E-state index in [1.54, 1.807) is 36.0 Å². The largest absolute Gasteiger partial charge is 0.467 e. The van der Waals surface area contributed by atoms with E-state index < -0.39 is 23.5 Å². The normalized spacial score (nSPS) is 11.9. The van der Waals surface area contributed by atoms with Crippen LogP contribution in [0.5, 0.6) is 0 Å². The van der Waals surface area contributed by atoms with Gasteiger partial charge in [0.2, 0.25) is 0 Å². The van der Waals surface area contributed by atoms with Crippen molar-refractivity contribution in [3.63, 3.8) is 0 Å². The molecule has 0 aliphatic heterocycles. The summed E-state index contributed by atoms with van der Waals surface area (Å²) < 4.78 is 9.81.